The SMILES string of the molecule is CC(Sc1cccc[n+]1[O-])C(=O)NC(C)C1CC2CCC1C2. The lowest BCUT2D eigenvalue weighted by atomic mass is 9.84. The van der Waals surface area contributed by atoms with Gasteiger partial charge in [-0.3, -0.25) is 4.79 Å². The molecule has 0 saturated heterocycles. The molecule has 1 aromatic heterocycles. The highest BCUT2D eigenvalue weighted by Gasteiger charge is 2.42. The molecule has 1 N–H and O–H groups in total. The number of pyridine rings is 1. The molecule has 4 nitrogen and oxygen atoms in total. The van der Waals surface area contributed by atoms with Crippen LogP contribution in [0.5, 0.6) is 0 Å². The third-order valence-corrected chi connectivity index (χ3v) is 6.39. The Morgan fingerprint density at radius 2 is 2.18 bits per heavy atom. The number of carbonyl (C=O) groups excluding carboxylic acids is 1. The number of nitrogens with zero attached hydrogens (tertiary/aromatic N) is 1. The molecule has 2 aliphatic carbocycles. The van der Waals surface area contributed by atoms with Crippen molar-refractivity contribution in [2.24, 2.45) is 17.8 Å². The Hall–Kier alpha value is -1.23. The number of amides is 1. The van der Waals surface area contributed by atoms with Crippen LogP contribution in [0.4, 0.5) is 0 Å². The number of hydrogen-bond acceptors (Lipinski definition) is 3. The van der Waals surface area contributed by atoms with Gasteiger partial charge >= 0.3 is 0 Å². The van der Waals surface area contributed by atoms with E-state index >= 15 is 0 Å². The average molecular weight is 320 g/mol. The standard InChI is InChI=1S/C17H24N2O2S/c1-11(15-10-13-6-7-14(15)9-13)18-17(20)12(2)22-16-5-3-4-8-19(16)21/h3-5,8,11-15H,6-7,9-10H2,1-2H3,(H,18,20). The molecule has 22 heavy (non-hydrogen) atoms. The van der Waals surface area contributed by atoms with Crippen LogP contribution >= 0.6 is 11.8 Å². The number of carbonyl (C=O) groups is 1. The lowest BCUT2D eigenvalue weighted by Gasteiger charge is -2.29. The molecule has 1 heterocycles. The van der Waals surface area contributed by atoms with E-state index < -0.39 is 0 Å². The van der Waals surface area contributed by atoms with Crippen molar-refractivity contribution < 1.29 is 9.52 Å². The molecule has 0 aromatic carbocycles. The third kappa shape index (κ3) is 3.24. The van der Waals surface area contributed by atoms with Gasteiger partial charge in [0.05, 0.1) is 5.25 Å². The average Bonchev–Trinajstić information content (AvgIpc) is 3.12. The van der Waals surface area contributed by atoms with Gasteiger partial charge in [0, 0.05) is 18.2 Å². The number of thioether (sulfide) groups is 1. The summed E-state index contributed by atoms with van der Waals surface area (Å²) in [6.07, 6.45) is 6.80. The molecule has 2 aliphatic rings. The molecule has 2 fully saturated rings. The molecule has 2 saturated carbocycles. The van der Waals surface area contributed by atoms with Gasteiger partial charge in [0.15, 0.2) is 6.20 Å². The van der Waals surface area contributed by atoms with Gasteiger partial charge in [-0.25, -0.2) is 0 Å². The Labute approximate surface area is 136 Å². The maximum absolute atomic E-state index is 12.4. The minimum absolute atomic E-state index is 0.0316. The van der Waals surface area contributed by atoms with E-state index in [1.54, 1.807) is 12.1 Å². The molecule has 1 amide bonds. The largest absolute Gasteiger partial charge is 0.618 e. The first-order valence-corrected chi connectivity index (χ1v) is 9.07. The summed E-state index contributed by atoms with van der Waals surface area (Å²) in [6, 6.07) is 5.50. The predicted molar refractivity (Wildman–Crippen MR) is 87.3 cm³/mol. The molecule has 0 radical (unpaired) electrons. The molecule has 1 aromatic rings. The summed E-state index contributed by atoms with van der Waals surface area (Å²) in [7, 11) is 0. The number of rotatable bonds is 5. The maximum atomic E-state index is 12.4. The Morgan fingerprint density at radius 3 is 2.82 bits per heavy atom. The van der Waals surface area contributed by atoms with Crippen LogP contribution in [0.1, 0.15) is 39.5 Å². The first-order chi connectivity index (χ1) is 10.5. The molecule has 2 bridgehead atoms. The van der Waals surface area contributed by atoms with Gasteiger partial charge in [0.1, 0.15) is 0 Å². The van der Waals surface area contributed by atoms with E-state index in [9.17, 15) is 10.0 Å². The van der Waals surface area contributed by atoms with Gasteiger partial charge < -0.3 is 10.5 Å². The fourth-order valence-corrected chi connectivity index (χ4v) is 4.95. The van der Waals surface area contributed by atoms with Crippen molar-refractivity contribution >= 4 is 17.7 Å². The number of aromatic nitrogens is 1. The van der Waals surface area contributed by atoms with Crippen LogP contribution in [0.3, 0.4) is 0 Å². The Kier molecular flexibility index (Phi) is 4.62. The maximum Gasteiger partial charge on any atom is 0.252 e. The van der Waals surface area contributed by atoms with E-state index in [1.807, 2.05) is 13.0 Å². The fraction of sp³-hybridized carbons (Fsp3) is 0.647. The van der Waals surface area contributed by atoms with Crippen molar-refractivity contribution in [2.75, 3.05) is 0 Å². The van der Waals surface area contributed by atoms with Crippen molar-refractivity contribution in [1.82, 2.24) is 5.32 Å². The summed E-state index contributed by atoms with van der Waals surface area (Å²) in [5.74, 6) is 2.37. The Balaban J connectivity index is 1.54. The summed E-state index contributed by atoms with van der Waals surface area (Å²) in [5, 5.41) is 15.1. The second-order valence-corrected chi connectivity index (χ2v) is 8.12. The highest BCUT2D eigenvalue weighted by molar-refractivity contribution is 8.00. The Bertz CT molecular complexity index is 551. The first-order valence-electron chi connectivity index (χ1n) is 8.20. The van der Waals surface area contributed by atoms with Gasteiger partial charge in [-0.1, -0.05) is 6.42 Å². The van der Waals surface area contributed by atoms with Gasteiger partial charge in [0.25, 0.3) is 5.03 Å². The summed E-state index contributed by atoms with van der Waals surface area (Å²) >= 11 is 1.32. The zero-order chi connectivity index (χ0) is 15.7. The van der Waals surface area contributed by atoms with Crippen LogP contribution < -0.4 is 10.0 Å². The molecule has 0 aliphatic heterocycles. The van der Waals surface area contributed by atoms with Crippen LogP contribution in [0.25, 0.3) is 0 Å². The predicted octanol–water partition coefficient (Wildman–Crippen LogP) is 2.74. The molecular formula is C17H24N2O2S. The van der Waals surface area contributed by atoms with Crippen molar-refractivity contribution in [1.29, 1.82) is 0 Å². The number of fused-ring (bicyclic) bond motifs is 2. The second-order valence-electron chi connectivity index (χ2n) is 6.76. The minimum Gasteiger partial charge on any atom is -0.618 e. The van der Waals surface area contributed by atoms with Gasteiger partial charge in [-0.05, 0) is 68.7 Å². The lowest BCUT2D eigenvalue weighted by molar-refractivity contribution is -0.645. The first kappa shape index (κ1) is 15.7. The molecule has 0 spiro atoms. The van der Waals surface area contributed by atoms with E-state index in [0.717, 1.165) is 16.6 Å². The monoisotopic (exact) mass is 320 g/mol. The minimum atomic E-state index is -0.261. The smallest absolute Gasteiger partial charge is 0.252 e. The van der Waals surface area contributed by atoms with E-state index in [1.165, 1.54) is 43.6 Å². The zero-order valence-corrected chi connectivity index (χ0v) is 14.0. The van der Waals surface area contributed by atoms with Gasteiger partial charge in [-0.2, -0.15) is 4.73 Å². The summed E-state index contributed by atoms with van der Waals surface area (Å²) in [5.41, 5.74) is 0. The summed E-state index contributed by atoms with van der Waals surface area (Å²) in [4.78, 5) is 12.4. The molecule has 120 valence electrons. The highest BCUT2D eigenvalue weighted by Crippen LogP contribution is 2.49. The Morgan fingerprint density at radius 1 is 1.36 bits per heavy atom. The molecule has 3 rings (SSSR count). The number of hydrogen-bond donors (Lipinski definition) is 1. The van der Waals surface area contributed by atoms with E-state index in [2.05, 4.69) is 12.2 Å². The van der Waals surface area contributed by atoms with Crippen LogP contribution in [-0.4, -0.2) is 17.2 Å². The lowest BCUT2D eigenvalue weighted by Crippen LogP contribution is -2.43. The van der Waals surface area contributed by atoms with E-state index in [-0.39, 0.29) is 17.2 Å². The third-order valence-electron chi connectivity index (χ3n) is 5.26. The van der Waals surface area contributed by atoms with Crippen molar-refractivity contribution in [3.05, 3.63) is 29.6 Å². The van der Waals surface area contributed by atoms with Crippen molar-refractivity contribution in [2.45, 2.75) is 55.8 Å². The van der Waals surface area contributed by atoms with Gasteiger partial charge in [0.2, 0.25) is 5.91 Å². The van der Waals surface area contributed by atoms with Crippen LogP contribution in [0.2, 0.25) is 0 Å². The normalized spacial score (nSPS) is 29.3. The van der Waals surface area contributed by atoms with Crippen LogP contribution in [-0.2, 0) is 4.79 Å². The fourth-order valence-electron chi connectivity index (χ4n) is 4.09. The van der Waals surface area contributed by atoms with Crippen molar-refractivity contribution in [3.63, 3.8) is 0 Å². The molecule has 5 atom stereocenters. The quantitative estimate of drug-likeness (QED) is 0.515. The molecular weight excluding hydrogens is 296 g/mol. The molecule has 5 heteroatoms. The van der Waals surface area contributed by atoms with Gasteiger partial charge in [-0.15, -0.1) is 0 Å². The highest BCUT2D eigenvalue weighted by atomic mass is 32.2. The summed E-state index contributed by atoms with van der Waals surface area (Å²) in [6.45, 7) is 4.00. The topological polar surface area (TPSA) is 56.0 Å². The summed E-state index contributed by atoms with van der Waals surface area (Å²) < 4.78 is 0.813. The van der Waals surface area contributed by atoms with Crippen LogP contribution in [0.15, 0.2) is 29.4 Å². The second kappa shape index (κ2) is 6.49. The number of nitrogens with one attached hydrogen (secondary N) is 1. The van der Waals surface area contributed by atoms with Crippen LogP contribution in [0, 0.1) is 23.0 Å². The zero-order valence-electron chi connectivity index (χ0n) is 13.2. The van der Waals surface area contributed by atoms with E-state index in [0.29, 0.717) is 10.9 Å². The molecule has 5 unspecified atom stereocenters. The van der Waals surface area contributed by atoms with Crippen molar-refractivity contribution in [3.8, 4) is 0 Å². The van der Waals surface area contributed by atoms with E-state index in [4.69, 9.17) is 0 Å².